The molecule has 1 saturated heterocycles. The topological polar surface area (TPSA) is 62.2 Å². The zero-order valence-corrected chi connectivity index (χ0v) is 16.2. The van der Waals surface area contributed by atoms with Crippen molar-refractivity contribution in [1.29, 1.82) is 0 Å². The van der Waals surface area contributed by atoms with E-state index in [1.165, 1.54) is 0 Å². The van der Waals surface area contributed by atoms with Crippen LogP contribution in [0.15, 0.2) is 0 Å². The third kappa shape index (κ3) is 2.27. The number of hydrogen-bond acceptors (Lipinski definition) is 6. The van der Waals surface area contributed by atoms with Gasteiger partial charge in [-0.05, 0) is 0 Å². The van der Waals surface area contributed by atoms with E-state index in [1.54, 1.807) is 0 Å². The molecule has 5 atom stereocenters. The molecule has 132 valence electrons. The monoisotopic (exact) mass is 354 g/mol. The average Bonchev–Trinajstić information content (AvgIpc) is 2.72. The van der Waals surface area contributed by atoms with Gasteiger partial charge < -0.3 is 0 Å². The average molecular weight is 355 g/mol. The number of hydrogen-bond donors (Lipinski definition) is 3. The van der Waals surface area contributed by atoms with E-state index in [2.05, 4.69) is 19.3 Å². The SMILES string of the molecule is CN(C)P(Cl)(C1CCCC2C(O)NC(O)C21)(N(C)C)N(C)C. The summed E-state index contributed by atoms with van der Waals surface area (Å²) in [6, 6.07) is 0. The van der Waals surface area contributed by atoms with E-state index in [-0.39, 0.29) is 17.5 Å². The Morgan fingerprint density at radius 2 is 1.41 bits per heavy atom. The van der Waals surface area contributed by atoms with Crippen LogP contribution < -0.4 is 5.32 Å². The number of halogens is 1. The van der Waals surface area contributed by atoms with E-state index < -0.39 is 18.9 Å². The molecule has 0 aromatic heterocycles. The molecule has 2 rings (SSSR count). The number of nitrogens with one attached hydrogen (secondary N) is 1. The molecule has 5 unspecified atom stereocenters. The Morgan fingerprint density at radius 1 is 0.909 bits per heavy atom. The van der Waals surface area contributed by atoms with Crippen LogP contribution in [0, 0.1) is 11.8 Å². The van der Waals surface area contributed by atoms with Gasteiger partial charge in [0.15, 0.2) is 0 Å². The zero-order chi connectivity index (χ0) is 16.9. The van der Waals surface area contributed by atoms with Gasteiger partial charge in [0, 0.05) is 0 Å². The molecule has 3 N–H and O–H groups in total. The van der Waals surface area contributed by atoms with Gasteiger partial charge in [-0.15, -0.1) is 0 Å². The summed E-state index contributed by atoms with van der Waals surface area (Å²) < 4.78 is 6.45. The molecule has 2 fully saturated rings. The molecule has 1 saturated carbocycles. The maximum absolute atomic E-state index is 10.5. The standard InChI is InChI=1S/C14H32ClN4O2P/c1-17(2)22(15,18(3)4,19(5)6)11-9-7-8-10-12(11)14(21)16-13(10)20/h10-14,16,20-21H,7-9H2,1-6H3. The molecule has 1 heterocycles. The number of fused-ring (bicyclic) bond motifs is 1. The van der Waals surface area contributed by atoms with Gasteiger partial charge in [0.05, 0.1) is 0 Å². The second kappa shape index (κ2) is 6.08. The Kier molecular flexibility index (Phi) is 5.20. The van der Waals surface area contributed by atoms with Crippen LogP contribution in [0.1, 0.15) is 19.3 Å². The summed E-state index contributed by atoms with van der Waals surface area (Å²) in [7, 11) is 12.2. The number of rotatable bonds is 4. The summed E-state index contributed by atoms with van der Waals surface area (Å²) in [5.41, 5.74) is 0.103. The van der Waals surface area contributed by atoms with Crippen molar-refractivity contribution >= 4 is 17.6 Å². The first-order chi connectivity index (χ1) is 10.1. The summed E-state index contributed by atoms with van der Waals surface area (Å²) in [4.78, 5) is 0. The van der Waals surface area contributed by atoms with Crippen molar-refractivity contribution in [2.24, 2.45) is 11.8 Å². The summed E-state index contributed by atoms with van der Waals surface area (Å²) in [5.74, 6) is 0.0277. The van der Waals surface area contributed by atoms with E-state index in [4.69, 9.17) is 11.2 Å². The normalized spacial score (nSPS) is 38.4. The molecule has 2 aliphatic rings. The quantitative estimate of drug-likeness (QED) is 0.658. The fourth-order valence-corrected chi connectivity index (χ4v) is 11.1. The van der Waals surface area contributed by atoms with Crippen molar-refractivity contribution in [3.63, 3.8) is 0 Å². The van der Waals surface area contributed by atoms with Gasteiger partial charge in [-0.3, -0.25) is 0 Å². The Bertz CT molecular complexity index is 399. The Hall–Kier alpha value is 0.480. The van der Waals surface area contributed by atoms with Crippen LogP contribution in [0.5, 0.6) is 0 Å². The van der Waals surface area contributed by atoms with Gasteiger partial charge in [-0.1, -0.05) is 0 Å². The van der Waals surface area contributed by atoms with Crippen molar-refractivity contribution in [3.05, 3.63) is 0 Å². The van der Waals surface area contributed by atoms with Crippen LogP contribution >= 0.6 is 17.6 Å². The van der Waals surface area contributed by atoms with Crippen LogP contribution in [-0.2, 0) is 0 Å². The van der Waals surface area contributed by atoms with Crippen molar-refractivity contribution in [1.82, 2.24) is 19.3 Å². The number of aliphatic hydroxyl groups is 2. The molecule has 0 amide bonds. The fraction of sp³-hybridized carbons (Fsp3) is 1.00. The summed E-state index contributed by atoms with van der Waals surface area (Å²) >= 11 is 7.55. The molecule has 0 spiro atoms. The minimum atomic E-state index is -3.12. The summed E-state index contributed by atoms with van der Waals surface area (Å²) in [6.07, 6.45) is -1.55. The molecule has 8 heteroatoms. The fourth-order valence-electron chi connectivity index (χ4n) is 4.94. The summed E-state index contributed by atoms with van der Waals surface area (Å²) in [5, 5.41) is 23.7. The number of nitrogens with zero attached hydrogens (tertiary/aromatic N) is 3. The van der Waals surface area contributed by atoms with Crippen LogP contribution in [0.4, 0.5) is 0 Å². The van der Waals surface area contributed by atoms with E-state index in [1.807, 2.05) is 42.3 Å². The van der Waals surface area contributed by atoms with Crippen LogP contribution in [0.2, 0.25) is 0 Å². The molecular weight excluding hydrogens is 323 g/mol. The third-order valence-electron chi connectivity index (χ3n) is 5.88. The van der Waals surface area contributed by atoms with Gasteiger partial charge in [-0.2, -0.15) is 0 Å². The second-order valence-electron chi connectivity index (χ2n) is 7.28. The van der Waals surface area contributed by atoms with E-state index in [0.29, 0.717) is 0 Å². The van der Waals surface area contributed by atoms with E-state index in [0.717, 1.165) is 19.3 Å². The molecule has 0 aromatic carbocycles. The van der Waals surface area contributed by atoms with Crippen molar-refractivity contribution < 1.29 is 10.2 Å². The van der Waals surface area contributed by atoms with Crippen molar-refractivity contribution in [3.8, 4) is 0 Å². The molecule has 1 aliphatic heterocycles. The first-order valence-corrected chi connectivity index (χ1v) is 11.0. The van der Waals surface area contributed by atoms with Gasteiger partial charge in [-0.25, -0.2) is 0 Å². The minimum absolute atomic E-state index is 0.0360. The van der Waals surface area contributed by atoms with Gasteiger partial charge in [0.2, 0.25) is 0 Å². The van der Waals surface area contributed by atoms with Crippen molar-refractivity contribution in [2.45, 2.75) is 37.4 Å². The zero-order valence-electron chi connectivity index (χ0n) is 14.6. The third-order valence-corrected chi connectivity index (χ3v) is 15.5. The van der Waals surface area contributed by atoms with Crippen molar-refractivity contribution in [2.75, 3.05) is 42.3 Å². The molecule has 22 heavy (non-hydrogen) atoms. The van der Waals surface area contributed by atoms with Crippen LogP contribution in [-0.4, -0.2) is 84.6 Å². The van der Waals surface area contributed by atoms with Gasteiger partial charge in [0.25, 0.3) is 0 Å². The van der Waals surface area contributed by atoms with E-state index in [9.17, 15) is 10.2 Å². The summed E-state index contributed by atoms with van der Waals surface area (Å²) in [6.45, 7) is 0. The first kappa shape index (κ1) is 18.8. The Labute approximate surface area is 139 Å². The first-order valence-electron chi connectivity index (χ1n) is 7.95. The van der Waals surface area contributed by atoms with Crippen LogP contribution in [0.25, 0.3) is 0 Å². The predicted molar refractivity (Wildman–Crippen MR) is 93.6 cm³/mol. The Balaban J connectivity index is 2.57. The number of aliphatic hydroxyl groups excluding tert-OH is 2. The van der Waals surface area contributed by atoms with Gasteiger partial charge >= 0.3 is 139 Å². The predicted octanol–water partition coefficient (Wildman–Crippen LogP) is 1.15. The molecule has 6 nitrogen and oxygen atoms in total. The molecule has 0 bridgehead atoms. The molecule has 1 aliphatic carbocycles. The molecular formula is C14H32ClN4O2P. The molecule has 0 aromatic rings. The Morgan fingerprint density at radius 3 is 1.86 bits per heavy atom. The van der Waals surface area contributed by atoms with Crippen LogP contribution in [0.3, 0.4) is 0 Å². The van der Waals surface area contributed by atoms with Gasteiger partial charge in [0.1, 0.15) is 0 Å². The molecule has 0 radical (unpaired) electrons. The second-order valence-corrected chi connectivity index (χ2v) is 14.2. The maximum atomic E-state index is 10.5. The van der Waals surface area contributed by atoms with E-state index >= 15 is 0 Å².